The maximum atomic E-state index is 11.0. The van der Waals surface area contributed by atoms with Crippen LogP contribution in [-0.4, -0.2) is 61.5 Å². The molecular weight excluding hydrogens is 476 g/mol. The van der Waals surface area contributed by atoms with Crippen LogP contribution in [0.3, 0.4) is 0 Å². The lowest BCUT2D eigenvalue weighted by atomic mass is 10.1. The second-order valence-corrected chi connectivity index (χ2v) is 9.40. The summed E-state index contributed by atoms with van der Waals surface area (Å²) in [5.41, 5.74) is 8.71. The Kier molecular flexibility index (Phi) is 11.1. The van der Waals surface area contributed by atoms with E-state index in [0.717, 1.165) is 35.7 Å². The minimum atomic E-state index is -0.951. The molecule has 4 rings (SSSR count). The third-order valence-corrected chi connectivity index (χ3v) is 6.83. The first-order chi connectivity index (χ1) is 17.5. The number of carboxylic acids is 1. The number of fused-ring (bicyclic) bond motifs is 1. The van der Waals surface area contributed by atoms with Crippen LogP contribution in [0.5, 0.6) is 5.75 Å². The number of thioether (sulfide) groups is 1. The van der Waals surface area contributed by atoms with E-state index in [-0.39, 0.29) is 12.6 Å². The van der Waals surface area contributed by atoms with Gasteiger partial charge < -0.3 is 30.3 Å². The predicted octanol–water partition coefficient (Wildman–Crippen LogP) is 4.00. The molecule has 0 saturated heterocycles. The first kappa shape index (κ1) is 27.5. The fourth-order valence-electron chi connectivity index (χ4n) is 3.75. The molecule has 0 saturated carbocycles. The number of carbonyl (C=O) groups is 1. The average molecular weight is 511 g/mol. The van der Waals surface area contributed by atoms with Gasteiger partial charge in [-0.25, -0.2) is 4.79 Å². The zero-order chi connectivity index (χ0) is 25.8. The molecule has 0 aliphatic carbocycles. The molecule has 2 atom stereocenters. The molecule has 0 amide bonds. The first-order valence-electron chi connectivity index (χ1n) is 11.9. The highest BCUT2D eigenvalue weighted by Crippen LogP contribution is 2.34. The Balaban J connectivity index is 0.000000303. The third-order valence-electron chi connectivity index (χ3n) is 5.78. The van der Waals surface area contributed by atoms with Gasteiger partial charge in [0, 0.05) is 30.7 Å². The summed E-state index contributed by atoms with van der Waals surface area (Å²) >= 11 is 1.90. The number of para-hydroxylation sites is 1. The number of hydrogen-bond acceptors (Lipinski definition) is 7. The molecule has 36 heavy (non-hydrogen) atoms. The lowest BCUT2D eigenvalue weighted by Gasteiger charge is -2.30. The molecule has 0 spiro atoms. The lowest BCUT2D eigenvalue weighted by Crippen LogP contribution is -2.33. The Labute approximate surface area is 216 Å². The van der Waals surface area contributed by atoms with Gasteiger partial charge in [0.25, 0.3) is 0 Å². The van der Waals surface area contributed by atoms with Gasteiger partial charge in [0.1, 0.15) is 12.4 Å². The zero-order valence-electron chi connectivity index (χ0n) is 20.5. The zero-order valence-corrected chi connectivity index (χ0v) is 21.3. The number of aliphatic hydroxyl groups excluding tert-OH is 1. The molecule has 0 radical (unpaired) electrons. The SMILES string of the molecule is CO[C@@H](Cc1ccc(OCCN2CCSc3ccccc32)cc1)C(=O)O.N[C@H](CO)c1ccccc1. The van der Waals surface area contributed by atoms with Crippen molar-refractivity contribution < 1.29 is 24.5 Å². The van der Waals surface area contributed by atoms with E-state index in [0.29, 0.717) is 13.0 Å². The summed E-state index contributed by atoms with van der Waals surface area (Å²) in [6, 6.07) is 25.3. The molecular formula is C28H34N2O5S. The molecule has 4 N–H and O–H groups in total. The lowest BCUT2D eigenvalue weighted by molar-refractivity contribution is -0.148. The number of methoxy groups -OCH3 is 1. The number of benzene rings is 3. The van der Waals surface area contributed by atoms with Crippen molar-refractivity contribution in [3.63, 3.8) is 0 Å². The maximum absolute atomic E-state index is 11.0. The van der Waals surface area contributed by atoms with Crippen molar-refractivity contribution in [2.24, 2.45) is 5.73 Å². The van der Waals surface area contributed by atoms with Gasteiger partial charge in [0.15, 0.2) is 6.10 Å². The standard InChI is InChI=1S/C20H23NO4S.C8H11NO/c1-24-18(20(22)23)14-15-6-8-16(9-7-15)25-12-10-21-11-13-26-19-5-3-2-4-17(19)21;9-8(6-10)7-4-2-1-3-5-7/h2-9,18H,10-14H2,1H3,(H,22,23);1-5,8,10H,6,9H2/t18-;8-/m01/s1. The Morgan fingerprint density at radius 1 is 1.06 bits per heavy atom. The van der Waals surface area contributed by atoms with Gasteiger partial charge in [-0.05, 0) is 35.4 Å². The number of anilines is 1. The van der Waals surface area contributed by atoms with Crippen LogP contribution in [0, 0.1) is 0 Å². The van der Waals surface area contributed by atoms with Gasteiger partial charge in [0.2, 0.25) is 0 Å². The summed E-state index contributed by atoms with van der Waals surface area (Å²) in [5, 5.41) is 17.7. The van der Waals surface area contributed by atoms with Crippen LogP contribution in [0.25, 0.3) is 0 Å². The van der Waals surface area contributed by atoms with Gasteiger partial charge >= 0.3 is 5.97 Å². The number of carboxylic acid groups (broad SMARTS) is 1. The summed E-state index contributed by atoms with van der Waals surface area (Å²) in [5.74, 6) is 0.932. The third kappa shape index (κ3) is 8.27. The fraction of sp³-hybridized carbons (Fsp3) is 0.321. The van der Waals surface area contributed by atoms with E-state index in [1.165, 1.54) is 17.7 Å². The molecule has 3 aromatic carbocycles. The van der Waals surface area contributed by atoms with Crippen molar-refractivity contribution in [2.75, 3.05) is 44.1 Å². The molecule has 0 bridgehead atoms. The molecule has 0 fully saturated rings. The highest BCUT2D eigenvalue weighted by Gasteiger charge is 2.17. The molecule has 0 unspecified atom stereocenters. The minimum absolute atomic E-state index is 0.00398. The van der Waals surface area contributed by atoms with Crippen LogP contribution >= 0.6 is 11.8 Å². The number of nitrogens with zero attached hydrogens (tertiary/aromatic N) is 1. The van der Waals surface area contributed by atoms with Gasteiger partial charge in [-0.1, -0.05) is 54.6 Å². The summed E-state index contributed by atoms with van der Waals surface area (Å²) in [6.07, 6.45) is -0.479. The summed E-state index contributed by atoms with van der Waals surface area (Å²) in [7, 11) is 1.41. The van der Waals surface area contributed by atoms with Gasteiger partial charge in [-0.3, -0.25) is 0 Å². The Bertz CT molecular complexity index is 1070. The molecule has 1 aliphatic heterocycles. The van der Waals surface area contributed by atoms with Gasteiger partial charge in [0.05, 0.1) is 24.9 Å². The van der Waals surface area contributed by atoms with E-state index in [1.54, 1.807) is 0 Å². The number of ether oxygens (including phenoxy) is 2. The molecule has 7 nitrogen and oxygen atoms in total. The van der Waals surface area contributed by atoms with Crippen LogP contribution in [0.4, 0.5) is 5.69 Å². The highest BCUT2D eigenvalue weighted by atomic mass is 32.2. The van der Waals surface area contributed by atoms with E-state index < -0.39 is 12.1 Å². The van der Waals surface area contributed by atoms with Crippen molar-refractivity contribution in [3.8, 4) is 5.75 Å². The number of aliphatic hydroxyl groups is 1. The molecule has 1 aliphatic rings. The second-order valence-electron chi connectivity index (χ2n) is 8.26. The van der Waals surface area contributed by atoms with E-state index in [9.17, 15) is 4.79 Å². The van der Waals surface area contributed by atoms with Crippen LogP contribution in [0.2, 0.25) is 0 Å². The fourth-order valence-corrected chi connectivity index (χ4v) is 4.80. The van der Waals surface area contributed by atoms with Crippen molar-refractivity contribution in [1.82, 2.24) is 0 Å². The van der Waals surface area contributed by atoms with E-state index in [2.05, 4.69) is 29.2 Å². The maximum Gasteiger partial charge on any atom is 0.333 e. The average Bonchev–Trinajstić information content (AvgIpc) is 2.93. The number of nitrogens with two attached hydrogens (primary N) is 1. The Morgan fingerprint density at radius 2 is 1.75 bits per heavy atom. The van der Waals surface area contributed by atoms with Crippen LogP contribution in [0.1, 0.15) is 17.2 Å². The Morgan fingerprint density at radius 3 is 2.42 bits per heavy atom. The number of aliphatic carboxylic acids is 1. The minimum Gasteiger partial charge on any atom is -0.492 e. The van der Waals surface area contributed by atoms with Crippen molar-refractivity contribution in [1.29, 1.82) is 0 Å². The second kappa shape index (κ2) is 14.5. The monoisotopic (exact) mass is 510 g/mol. The summed E-state index contributed by atoms with van der Waals surface area (Å²) in [6.45, 7) is 2.47. The van der Waals surface area contributed by atoms with Crippen molar-refractivity contribution in [2.45, 2.75) is 23.5 Å². The van der Waals surface area contributed by atoms with Crippen LogP contribution in [-0.2, 0) is 16.0 Å². The van der Waals surface area contributed by atoms with Crippen molar-refractivity contribution in [3.05, 3.63) is 90.0 Å². The smallest absolute Gasteiger partial charge is 0.333 e. The highest BCUT2D eigenvalue weighted by molar-refractivity contribution is 7.99. The molecule has 192 valence electrons. The Hall–Kier alpha value is -3.04. The van der Waals surface area contributed by atoms with E-state index >= 15 is 0 Å². The summed E-state index contributed by atoms with van der Waals surface area (Å²) in [4.78, 5) is 14.7. The molecule has 3 aromatic rings. The van der Waals surface area contributed by atoms with Crippen LogP contribution < -0.4 is 15.4 Å². The molecule has 0 aromatic heterocycles. The van der Waals surface area contributed by atoms with E-state index in [4.69, 9.17) is 25.4 Å². The van der Waals surface area contributed by atoms with Crippen molar-refractivity contribution >= 4 is 23.4 Å². The van der Waals surface area contributed by atoms with E-state index in [1.807, 2.05) is 66.4 Å². The number of rotatable bonds is 10. The quantitative estimate of drug-likeness (QED) is 0.376. The topological polar surface area (TPSA) is 105 Å². The predicted molar refractivity (Wildman–Crippen MR) is 144 cm³/mol. The molecule has 8 heteroatoms. The largest absolute Gasteiger partial charge is 0.492 e. The van der Waals surface area contributed by atoms with Gasteiger partial charge in [-0.2, -0.15) is 0 Å². The first-order valence-corrected chi connectivity index (χ1v) is 12.9. The summed E-state index contributed by atoms with van der Waals surface area (Å²) < 4.78 is 10.8. The van der Waals surface area contributed by atoms with Gasteiger partial charge in [-0.15, -0.1) is 11.8 Å². The van der Waals surface area contributed by atoms with Crippen LogP contribution in [0.15, 0.2) is 83.8 Å². The normalized spacial score (nSPS) is 14.1. The molecule has 1 heterocycles. The number of hydrogen-bond donors (Lipinski definition) is 3.